The van der Waals surface area contributed by atoms with Crippen molar-refractivity contribution in [2.24, 2.45) is 4.99 Å². The molecule has 2 N–H and O–H groups in total. The van der Waals surface area contributed by atoms with Crippen LogP contribution in [-0.2, 0) is 11.2 Å². The van der Waals surface area contributed by atoms with Crippen molar-refractivity contribution in [2.45, 2.75) is 26.7 Å². The van der Waals surface area contributed by atoms with E-state index in [0.717, 1.165) is 57.3 Å². The first-order chi connectivity index (χ1) is 12.3. The number of nitrogens with one attached hydrogen (secondary N) is 2. The lowest BCUT2D eigenvalue weighted by Crippen LogP contribution is -2.38. The molecule has 2 aromatic rings. The van der Waals surface area contributed by atoms with Crippen LogP contribution in [0.15, 0.2) is 47.7 Å². The standard InChI is InChI=1S/C19H29N5O.HI/c1-3-20-19(21-12-6-16-25-4-2)22-14-11-17-7-9-18(10-8-17)24-15-5-13-23-24;/h5,7-10,13,15H,3-4,6,11-12,14,16H2,1-2H3,(H2,20,21,22);1H. The average molecular weight is 471 g/mol. The molecule has 0 atom stereocenters. The van der Waals surface area contributed by atoms with Crippen molar-refractivity contribution in [2.75, 3.05) is 32.8 Å². The van der Waals surface area contributed by atoms with E-state index in [0.29, 0.717) is 0 Å². The highest BCUT2D eigenvalue weighted by Gasteiger charge is 2.00. The van der Waals surface area contributed by atoms with Gasteiger partial charge in [0.15, 0.2) is 5.96 Å². The van der Waals surface area contributed by atoms with Crippen LogP contribution in [0.1, 0.15) is 25.8 Å². The second kappa shape index (κ2) is 13.6. The summed E-state index contributed by atoms with van der Waals surface area (Å²) in [6.07, 6.45) is 5.62. The number of hydrogen-bond donors (Lipinski definition) is 2. The highest BCUT2D eigenvalue weighted by molar-refractivity contribution is 14.0. The lowest BCUT2D eigenvalue weighted by Gasteiger charge is -2.11. The molecular formula is C19H30IN5O. The van der Waals surface area contributed by atoms with Gasteiger partial charge < -0.3 is 15.4 Å². The lowest BCUT2D eigenvalue weighted by atomic mass is 10.1. The van der Waals surface area contributed by atoms with Gasteiger partial charge in [-0.15, -0.1) is 24.0 Å². The smallest absolute Gasteiger partial charge is 0.191 e. The number of guanidine groups is 1. The molecular weight excluding hydrogens is 441 g/mol. The molecule has 7 heteroatoms. The van der Waals surface area contributed by atoms with Crippen LogP contribution in [0.2, 0.25) is 0 Å². The molecule has 6 nitrogen and oxygen atoms in total. The van der Waals surface area contributed by atoms with Crippen LogP contribution in [0.4, 0.5) is 0 Å². The van der Waals surface area contributed by atoms with Crippen LogP contribution in [0, 0.1) is 0 Å². The summed E-state index contributed by atoms with van der Waals surface area (Å²) in [7, 11) is 0. The van der Waals surface area contributed by atoms with Gasteiger partial charge in [-0.2, -0.15) is 5.10 Å². The Morgan fingerprint density at radius 1 is 1.19 bits per heavy atom. The summed E-state index contributed by atoms with van der Waals surface area (Å²) in [4.78, 5) is 4.57. The SMILES string of the molecule is CCNC(=NCCCOCC)NCCc1ccc(-n2cccn2)cc1.I. The van der Waals surface area contributed by atoms with Crippen LogP contribution >= 0.6 is 24.0 Å². The first-order valence-corrected chi connectivity index (χ1v) is 9.02. The first-order valence-electron chi connectivity index (χ1n) is 9.02. The normalized spacial score (nSPS) is 11.1. The molecule has 0 amide bonds. The van der Waals surface area contributed by atoms with Crippen molar-refractivity contribution in [3.63, 3.8) is 0 Å². The first kappa shape index (κ1) is 22.4. The molecule has 0 bridgehead atoms. The zero-order valence-corrected chi connectivity index (χ0v) is 18.0. The Hall–Kier alpha value is -1.61. The number of aliphatic imine (C=N–C) groups is 1. The number of nitrogens with zero attached hydrogens (tertiary/aromatic N) is 3. The van der Waals surface area contributed by atoms with Gasteiger partial charge in [-0.3, -0.25) is 4.99 Å². The number of rotatable bonds is 10. The fourth-order valence-corrected chi connectivity index (χ4v) is 2.41. The van der Waals surface area contributed by atoms with Crippen LogP contribution < -0.4 is 10.6 Å². The van der Waals surface area contributed by atoms with E-state index in [1.54, 1.807) is 6.20 Å². The van der Waals surface area contributed by atoms with Gasteiger partial charge >= 0.3 is 0 Å². The third-order valence-electron chi connectivity index (χ3n) is 3.68. The van der Waals surface area contributed by atoms with E-state index in [-0.39, 0.29) is 24.0 Å². The summed E-state index contributed by atoms with van der Waals surface area (Å²) in [5.41, 5.74) is 2.36. The molecule has 1 aromatic carbocycles. The number of benzene rings is 1. The van der Waals surface area contributed by atoms with E-state index in [1.807, 2.05) is 23.9 Å². The second-order valence-corrected chi connectivity index (χ2v) is 5.60. The molecule has 0 saturated heterocycles. The topological polar surface area (TPSA) is 63.5 Å². The minimum Gasteiger partial charge on any atom is -0.382 e. The predicted octanol–water partition coefficient (Wildman–Crippen LogP) is 3.01. The second-order valence-electron chi connectivity index (χ2n) is 5.60. The van der Waals surface area contributed by atoms with E-state index >= 15 is 0 Å². The summed E-state index contributed by atoms with van der Waals surface area (Å²) >= 11 is 0. The van der Waals surface area contributed by atoms with Crippen LogP contribution in [0.25, 0.3) is 5.69 Å². The Bertz CT molecular complexity index is 613. The number of ether oxygens (including phenoxy) is 1. The molecule has 0 fully saturated rings. The lowest BCUT2D eigenvalue weighted by molar-refractivity contribution is 0.146. The monoisotopic (exact) mass is 471 g/mol. The highest BCUT2D eigenvalue weighted by Crippen LogP contribution is 2.08. The number of halogens is 1. The fraction of sp³-hybridized carbons (Fsp3) is 0.474. The van der Waals surface area contributed by atoms with E-state index in [4.69, 9.17) is 4.74 Å². The molecule has 1 heterocycles. The summed E-state index contributed by atoms with van der Waals surface area (Å²) in [6, 6.07) is 10.4. The maximum Gasteiger partial charge on any atom is 0.191 e. The molecule has 1 aromatic heterocycles. The fourth-order valence-electron chi connectivity index (χ4n) is 2.41. The highest BCUT2D eigenvalue weighted by atomic mass is 127. The summed E-state index contributed by atoms with van der Waals surface area (Å²) < 4.78 is 7.20. The molecule has 26 heavy (non-hydrogen) atoms. The van der Waals surface area contributed by atoms with Gasteiger partial charge in [0.05, 0.1) is 5.69 Å². The van der Waals surface area contributed by atoms with E-state index in [1.165, 1.54) is 5.56 Å². The molecule has 0 aliphatic heterocycles. The van der Waals surface area contributed by atoms with Crippen LogP contribution in [-0.4, -0.2) is 48.6 Å². The number of hydrogen-bond acceptors (Lipinski definition) is 3. The number of aromatic nitrogens is 2. The Labute approximate surface area is 173 Å². The summed E-state index contributed by atoms with van der Waals surface area (Å²) in [6.45, 7) is 8.09. The Kier molecular flexibility index (Phi) is 11.7. The molecule has 144 valence electrons. The minimum absolute atomic E-state index is 0. The van der Waals surface area contributed by atoms with Gasteiger partial charge in [0, 0.05) is 45.2 Å². The Balaban J connectivity index is 0.00000338. The van der Waals surface area contributed by atoms with E-state index in [2.05, 4.69) is 51.9 Å². The van der Waals surface area contributed by atoms with Crippen LogP contribution in [0.3, 0.4) is 0 Å². The summed E-state index contributed by atoms with van der Waals surface area (Å²) in [5.74, 6) is 0.868. The van der Waals surface area contributed by atoms with Gasteiger partial charge in [0.25, 0.3) is 0 Å². The maximum absolute atomic E-state index is 5.33. The zero-order chi connectivity index (χ0) is 17.7. The summed E-state index contributed by atoms with van der Waals surface area (Å²) in [5, 5.41) is 10.9. The Morgan fingerprint density at radius 3 is 2.65 bits per heavy atom. The predicted molar refractivity (Wildman–Crippen MR) is 118 cm³/mol. The van der Waals surface area contributed by atoms with Crippen molar-refractivity contribution >= 4 is 29.9 Å². The molecule has 0 aliphatic carbocycles. The molecule has 0 aliphatic rings. The van der Waals surface area contributed by atoms with E-state index in [9.17, 15) is 0 Å². The maximum atomic E-state index is 5.33. The quantitative estimate of drug-likeness (QED) is 0.242. The molecule has 0 saturated carbocycles. The third-order valence-corrected chi connectivity index (χ3v) is 3.68. The largest absolute Gasteiger partial charge is 0.382 e. The molecule has 0 unspecified atom stereocenters. The van der Waals surface area contributed by atoms with Crippen molar-refractivity contribution < 1.29 is 4.74 Å². The Morgan fingerprint density at radius 2 is 2.00 bits per heavy atom. The average Bonchev–Trinajstić information content (AvgIpc) is 3.17. The van der Waals surface area contributed by atoms with Crippen molar-refractivity contribution in [1.82, 2.24) is 20.4 Å². The van der Waals surface area contributed by atoms with Crippen molar-refractivity contribution in [3.8, 4) is 5.69 Å². The van der Waals surface area contributed by atoms with Crippen molar-refractivity contribution in [3.05, 3.63) is 48.3 Å². The molecule has 0 radical (unpaired) electrons. The molecule has 2 rings (SSSR count). The van der Waals surface area contributed by atoms with Crippen LogP contribution in [0.5, 0.6) is 0 Å². The van der Waals surface area contributed by atoms with Gasteiger partial charge in [0.2, 0.25) is 0 Å². The minimum atomic E-state index is 0. The third kappa shape index (κ3) is 8.18. The van der Waals surface area contributed by atoms with Gasteiger partial charge in [-0.1, -0.05) is 12.1 Å². The van der Waals surface area contributed by atoms with Gasteiger partial charge in [-0.25, -0.2) is 4.68 Å². The van der Waals surface area contributed by atoms with Crippen molar-refractivity contribution in [1.29, 1.82) is 0 Å². The van der Waals surface area contributed by atoms with Gasteiger partial charge in [-0.05, 0) is 50.5 Å². The molecule has 0 spiro atoms. The van der Waals surface area contributed by atoms with E-state index < -0.39 is 0 Å². The van der Waals surface area contributed by atoms with Gasteiger partial charge in [0.1, 0.15) is 0 Å². The zero-order valence-electron chi connectivity index (χ0n) is 15.6.